The molecule has 4 aromatic rings. The molecule has 6 nitrogen and oxygen atoms in total. The predicted molar refractivity (Wildman–Crippen MR) is 153 cm³/mol. The van der Waals surface area contributed by atoms with E-state index in [0.717, 1.165) is 71.7 Å². The fraction of sp³-hybridized carbons (Fsp3) is 0.375. The highest BCUT2D eigenvalue weighted by atomic mass is 16.5. The molecule has 1 heterocycles. The Kier molecular flexibility index (Phi) is 9.41. The van der Waals surface area contributed by atoms with Crippen molar-refractivity contribution in [2.45, 2.75) is 59.9 Å². The number of nitrogens with zero attached hydrogens (tertiary/aromatic N) is 2. The van der Waals surface area contributed by atoms with E-state index in [-0.39, 0.29) is 12.5 Å². The Morgan fingerprint density at radius 1 is 0.868 bits per heavy atom. The maximum Gasteiger partial charge on any atom is 0.257 e. The third-order valence-electron chi connectivity index (χ3n) is 6.96. The van der Waals surface area contributed by atoms with E-state index in [2.05, 4.69) is 48.0 Å². The lowest BCUT2D eigenvalue weighted by Crippen LogP contribution is -2.29. The van der Waals surface area contributed by atoms with Crippen LogP contribution in [0.2, 0.25) is 0 Å². The van der Waals surface area contributed by atoms with Gasteiger partial charge in [0.05, 0.1) is 17.6 Å². The fourth-order valence-corrected chi connectivity index (χ4v) is 4.56. The van der Waals surface area contributed by atoms with E-state index in [9.17, 15) is 4.79 Å². The minimum absolute atomic E-state index is 0.0401. The average molecular weight is 514 g/mol. The van der Waals surface area contributed by atoms with Gasteiger partial charge in [0.1, 0.15) is 23.9 Å². The molecule has 6 heteroatoms. The van der Waals surface area contributed by atoms with Crippen LogP contribution < -0.4 is 14.8 Å². The number of aromatic nitrogens is 2. The van der Waals surface area contributed by atoms with Crippen molar-refractivity contribution in [1.29, 1.82) is 0 Å². The minimum Gasteiger partial charge on any atom is -0.491 e. The van der Waals surface area contributed by atoms with E-state index in [0.29, 0.717) is 13.2 Å². The number of amides is 1. The largest absolute Gasteiger partial charge is 0.491 e. The van der Waals surface area contributed by atoms with Crippen LogP contribution in [0.3, 0.4) is 0 Å². The molecule has 0 saturated carbocycles. The summed E-state index contributed by atoms with van der Waals surface area (Å²) < 4.78 is 14.1. The maximum absolute atomic E-state index is 12.2. The van der Waals surface area contributed by atoms with Crippen LogP contribution in [0.1, 0.15) is 47.3 Å². The molecule has 0 spiro atoms. The second-order valence-electron chi connectivity index (χ2n) is 9.93. The minimum atomic E-state index is -0.0865. The van der Waals surface area contributed by atoms with Crippen LogP contribution in [0, 0.1) is 27.7 Å². The third-order valence-corrected chi connectivity index (χ3v) is 6.96. The number of imidazole rings is 1. The van der Waals surface area contributed by atoms with Gasteiger partial charge >= 0.3 is 0 Å². The van der Waals surface area contributed by atoms with E-state index in [1.165, 1.54) is 11.1 Å². The number of nitrogens with one attached hydrogen (secondary N) is 1. The first-order chi connectivity index (χ1) is 18.4. The zero-order valence-electron chi connectivity index (χ0n) is 23.0. The van der Waals surface area contributed by atoms with Gasteiger partial charge in [-0.1, -0.05) is 42.8 Å². The first-order valence-corrected chi connectivity index (χ1v) is 13.5. The number of aryl methyl sites for hydroxylation is 4. The van der Waals surface area contributed by atoms with Gasteiger partial charge in [0, 0.05) is 13.0 Å². The maximum atomic E-state index is 12.2. The Morgan fingerprint density at radius 2 is 1.71 bits per heavy atom. The first kappa shape index (κ1) is 27.2. The number of unbranched alkanes of at least 4 members (excludes halogenated alkanes) is 2. The van der Waals surface area contributed by atoms with Gasteiger partial charge in [0.2, 0.25) is 0 Å². The molecule has 0 atom stereocenters. The molecule has 0 bridgehead atoms. The summed E-state index contributed by atoms with van der Waals surface area (Å²) in [6.07, 6.45) is 3.84. The van der Waals surface area contributed by atoms with E-state index in [1.54, 1.807) is 0 Å². The van der Waals surface area contributed by atoms with Crippen molar-refractivity contribution < 1.29 is 14.3 Å². The molecule has 0 fully saturated rings. The summed E-state index contributed by atoms with van der Waals surface area (Å²) in [5.41, 5.74) is 6.74. The van der Waals surface area contributed by atoms with Crippen molar-refractivity contribution >= 4 is 16.9 Å². The number of rotatable bonds is 13. The average Bonchev–Trinajstić information content (AvgIpc) is 3.26. The summed E-state index contributed by atoms with van der Waals surface area (Å²) in [6.45, 7) is 10.2. The number of carbonyl (C=O) groups excluding carboxylic acids is 1. The molecular formula is C32H39N3O3. The SMILES string of the molecule is Cc1ccc(C)c(OCC(=O)NCCCCCc2nc3ccccc3n2CCOc2cccc(C)c2C)c1. The van der Waals surface area contributed by atoms with Gasteiger partial charge in [-0.25, -0.2) is 4.98 Å². The lowest BCUT2D eigenvalue weighted by Gasteiger charge is -2.13. The number of benzene rings is 3. The second kappa shape index (κ2) is 13.1. The molecule has 200 valence electrons. The predicted octanol–water partition coefficient (Wildman–Crippen LogP) is 6.26. The van der Waals surface area contributed by atoms with Crippen LogP contribution in [0.25, 0.3) is 11.0 Å². The van der Waals surface area contributed by atoms with Gasteiger partial charge in [0.15, 0.2) is 6.61 Å². The van der Waals surface area contributed by atoms with Crippen molar-refractivity contribution in [1.82, 2.24) is 14.9 Å². The summed E-state index contributed by atoms with van der Waals surface area (Å²) in [7, 11) is 0. The van der Waals surface area contributed by atoms with Crippen LogP contribution >= 0.6 is 0 Å². The number of para-hydroxylation sites is 2. The summed E-state index contributed by atoms with van der Waals surface area (Å²) in [5, 5.41) is 2.97. The van der Waals surface area contributed by atoms with Crippen molar-refractivity contribution in [2.75, 3.05) is 19.8 Å². The monoisotopic (exact) mass is 513 g/mol. The van der Waals surface area contributed by atoms with E-state index < -0.39 is 0 Å². The Balaban J connectivity index is 1.22. The number of fused-ring (bicyclic) bond motifs is 1. The molecule has 0 radical (unpaired) electrons. The zero-order chi connectivity index (χ0) is 26.9. The number of hydrogen-bond acceptors (Lipinski definition) is 4. The third kappa shape index (κ3) is 7.15. The van der Waals surface area contributed by atoms with Gasteiger partial charge in [-0.05, 0) is 87.1 Å². The van der Waals surface area contributed by atoms with Crippen LogP contribution in [0.5, 0.6) is 11.5 Å². The number of ether oxygens (including phenoxy) is 2. The van der Waals surface area contributed by atoms with E-state index in [1.807, 2.05) is 50.2 Å². The Hall–Kier alpha value is -3.80. The normalized spacial score (nSPS) is 11.1. The van der Waals surface area contributed by atoms with E-state index in [4.69, 9.17) is 14.5 Å². The lowest BCUT2D eigenvalue weighted by molar-refractivity contribution is -0.123. The molecule has 3 aromatic carbocycles. The molecule has 0 aliphatic carbocycles. The van der Waals surface area contributed by atoms with Crippen molar-refractivity contribution in [2.24, 2.45) is 0 Å². The summed E-state index contributed by atoms with van der Waals surface area (Å²) in [4.78, 5) is 17.1. The molecule has 1 aromatic heterocycles. The van der Waals surface area contributed by atoms with Crippen molar-refractivity contribution in [3.8, 4) is 11.5 Å². The van der Waals surface area contributed by atoms with Gasteiger partial charge in [0.25, 0.3) is 5.91 Å². The van der Waals surface area contributed by atoms with Crippen molar-refractivity contribution in [3.63, 3.8) is 0 Å². The summed E-state index contributed by atoms with van der Waals surface area (Å²) in [6, 6.07) is 20.5. The molecule has 0 aliphatic rings. The van der Waals surface area contributed by atoms with Crippen LogP contribution in [-0.2, 0) is 17.8 Å². The highest BCUT2D eigenvalue weighted by molar-refractivity contribution is 5.77. The molecule has 1 amide bonds. The van der Waals surface area contributed by atoms with Crippen LogP contribution in [-0.4, -0.2) is 35.2 Å². The zero-order valence-corrected chi connectivity index (χ0v) is 23.0. The Labute approximate surface area is 226 Å². The molecule has 0 aliphatic heterocycles. The standard InChI is InChI=1S/C32H39N3O3/c1-23-16-17-25(3)30(21-23)38-22-32(36)33-18-9-5-6-15-31-34-27-12-7-8-13-28(27)35(31)19-20-37-29-14-10-11-24(2)26(29)4/h7-8,10-14,16-17,21H,5-6,9,15,18-20,22H2,1-4H3,(H,33,36). The van der Waals surface area contributed by atoms with Gasteiger partial charge in [-0.2, -0.15) is 0 Å². The molecule has 0 unspecified atom stereocenters. The van der Waals surface area contributed by atoms with Gasteiger partial charge in [-0.15, -0.1) is 0 Å². The summed E-state index contributed by atoms with van der Waals surface area (Å²) in [5.74, 6) is 2.71. The highest BCUT2D eigenvalue weighted by Crippen LogP contribution is 2.22. The van der Waals surface area contributed by atoms with E-state index >= 15 is 0 Å². The highest BCUT2D eigenvalue weighted by Gasteiger charge is 2.11. The molecule has 38 heavy (non-hydrogen) atoms. The first-order valence-electron chi connectivity index (χ1n) is 13.5. The van der Waals surface area contributed by atoms with Gasteiger partial charge < -0.3 is 19.4 Å². The van der Waals surface area contributed by atoms with Crippen LogP contribution in [0.15, 0.2) is 60.7 Å². The Bertz CT molecular complexity index is 1380. The smallest absolute Gasteiger partial charge is 0.257 e. The molecule has 1 N–H and O–H groups in total. The van der Waals surface area contributed by atoms with Gasteiger partial charge in [-0.3, -0.25) is 4.79 Å². The summed E-state index contributed by atoms with van der Waals surface area (Å²) >= 11 is 0. The fourth-order valence-electron chi connectivity index (χ4n) is 4.56. The molecular weight excluding hydrogens is 474 g/mol. The van der Waals surface area contributed by atoms with Crippen LogP contribution in [0.4, 0.5) is 0 Å². The Morgan fingerprint density at radius 3 is 2.58 bits per heavy atom. The lowest BCUT2D eigenvalue weighted by atomic mass is 10.1. The number of hydrogen-bond donors (Lipinski definition) is 1. The topological polar surface area (TPSA) is 65.4 Å². The quantitative estimate of drug-likeness (QED) is 0.214. The molecule has 0 saturated heterocycles. The second-order valence-corrected chi connectivity index (χ2v) is 9.93. The number of carbonyl (C=O) groups is 1. The van der Waals surface area contributed by atoms with Crippen molar-refractivity contribution in [3.05, 3.63) is 88.7 Å². The molecule has 4 rings (SSSR count).